The fraction of sp³-hybridized carbons (Fsp3) is 0.133. The Kier molecular flexibility index (Phi) is 4.30. The summed E-state index contributed by atoms with van der Waals surface area (Å²) < 4.78 is 0. The normalized spacial score (nSPS) is 9.60. The molecule has 0 spiro atoms. The van der Waals surface area contributed by atoms with Crippen molar-refractivity contribution in [3.8, 4) is 6.07 Å². The number of pyridine rings is 1. The molecule has 1 aromatic heterocycles. The molecule has 1 amide bonds. The van der Waals surface area contributed by atoms with Gasteiger partial charge < -0.3 is 10.6 Å². The number of nitrogens with zero attached hydrogens (tertiary/aromatic N) is 2. The van der Waals surface area contributed by atoms with Crippen molar-refractivity contribution in [3.05, 3.63) is 53.9 Å². The molecule has 100 valence electrons. The Hall–Kier alpha value is -2.87. The fourth-order valence-electron chi connectivity index (χ4n) is 1.80. The van der Waals surface area contributed by atoms with Gasteiger partial charge in [-0.05, 0) is 25.1 Å². The Bertz CT molecular complexity index is 661. The minimum Gasteiger partial charge on any atom is -0.383 e. The lowest BCUT2D eigenvalue weighted by Crippen LogP contribution is -2.15. The first-order valence-corrected chi connectivity index (χ1v) is 6.24. The highest BCUT2D eigenvalue weighted by atomic mass is 16.1. The second-order valence-corrected chi connectivity index (χ2v) is 4.06. The zero-order chi connectivity index (χ0) is 14.4. The van der Waals surface area contributed by atoms with E-state index in [2.05, 4.69) is 15.6 Å². The zero-order valence-corrected chi connectivity index (χ0v) is 11.1. The van der Waals surface area contributed by atoms with Crippen LogP contribution in [0.5, 0.6) is 0 Å². The van der Waals surface area contributed by atoms with Gasteiger partial charge in [-0.3, -0.25) is 9.78 Å². The van der Waals surface area contributed by atoms with Gasteiger partial charge in [0.25, 0.3) is 5.91 Å². The number of nitriles is 1. The lowest BCUT2D eigenvalue weighted by molar-refractivity contribution is 0.102. The average Bonchev–Trinajstić information content (AvgIpc) is 2.48. The molecule has 1 aromatic carbocycles. The van der Waals surface area contributed by atoms with E-state index in [9.17, 15) is 4.79 Å². The molecule has 0 radical (unpaired) electrons. The fourth-order valence-corrected chi connectivity index (χ4v) is 1.80. The van der Waals surface area contributed by atoms with Crippen molar-refractivity contribution in [1.29, 1.82) is 5.26 Å². The van der Waals surface area contributed by atoms with Crippen molar-refractivity contribution in [2.24, 2.45) is 0 Å². The van der Waals surface area contributed by atoms with Crippen LogP contribution in [0, 0.1) is 11.3 Å². The number of hydrogen-bond acceptors (Lipinski definition) is 4. The number of para-hydroxylation sites is 1. The van der Waals surface area contributed by atoms with Gasteiger partial charge in [-0.25, -0.2) is 0 Å². The Morgan fingerprint density at radius 2 is 2.10 bits per heavy atom. The second kappa shape index (κ2) is 6.34. The highest BCUT2D eigenvalue weighted by Gasteiger charge is 2.12. The zero-order valence-electron chi connectivity index (χ0n) is 11.1. The van der Waals surface area contributed by atoms with Crippen LogP contribution in [0.4, 0.5) is 11.4 Å². The van der Waals surface area contributed by atoms with Crippen LogP contribution in [0.25, 0.3) is 0 Å². The van der Waals surface area contributed by atoms with E-state index in [1.807, 2.05) is 13.0 Å². The van der Waals surface area contributed by atoms with E-state index >= 15 is 0 Å². The summed E-state index contributed by atoms with van der Waals surface area (Å²) >= 11 is 0. The molecule has 0 atom stereocenters. The van der Waals surface area contributed by atoms with Gasteiger partial charge in [-0.2, -0.15) is 5.26 Å². The molecule has 5 nitrogen and oxygen atoms in total. The number of anilines is 2. The van der Waals surface area contributed by atoms with Crippen molar-refractivity contribution in [2.45, 2.75) is 6.92 Å². The van der Waals surface area contributed by atoms with Gasteiger partial charge >= 0.3 is 0 Å². The van der Waals surface area contributed by atoms with E-state index in [-0.39, 0.29) is 5.91 Å². The number of aromatic nitrogens is 1. The summed E-state index contributed by atoms with van der Waals surface area (Å²) in [4.78, 5) is 16.3. The van der Waals surface area contributed by atoms with Crippen molar-refractivity contribution < 1.29 is 4.79 Å². The lowest BCUT2D eigenvalue weighted by Gasteiger charge is -2.11. The minimum atomic E-state index is -0.272. The molecule has 0 fully saturated rings. The average molecular weight is 266 g/mol. The molecule has 0 unspecified atom stereocenters. The standard InChI is InChI=1S/C15H14N4O/c1-2-18-14-10-17-8-7-12(14)15(20)19-13-6-4-3-5-11(13)9-16/h3-8,10,18H,2H2,1H3,(H,19,20). The Morgan fingerprint density at radius 1 is 1.30 bits per heavy atom. The summed E-state index contributed by atoms with van der Waals surface area (Å²) in [5, 5.41) is 14.8. The van der Waals surface area contributed by atoms with Crippen LogP contribution in [0.1, 0.15) is 22.8 Å². The van der Waals surface area contributed by atoms with E-state index in [1.54, 1.807) is 42.7 Å². The van der Waals surface area contributed by atoms with Crippen LogP contribution in [0.2, 0.25) is 0 Å². The number of benzene rings is 1. The number of rotatable bonds is 4. The van der Waals surface area contributed by atoms with E-state index < -0.39 is 0 Å². The maximum atomic E-state index is 12.3. The van der Waals surface area contributed by atoms with E-state index in [1.165, 1.54) is 0 Å². The first-order valence-electron chi connectivity index (χ1n) is 6.24. The molecule has 0 saturated carbocycles. The first kappa shape index (κ1) is 13.6. The molecular formula is C15H14N4O. The molecule has 0 aliphatic heterocycles. The van der Waals surface area contributed by atoms with Crippen LogP contribution < -0.4 is 10.6 Å². The predicted molar refractivity (Wildman–Crippen MR) is 77.5 cm³/mol. The Balaban J connectivity index is 2.27. The van der Waals surface area contributed by atoms with E-state index in [4.69, 9.17) is 5.26 Å². The number of carbonyl (C=O) groups excluding carboxylic acids is 1. The second-order valence-electron chi connectivity index (χ2n) is 4.06. The van der Waals surface area contributed by atoms with Gasteiger partial charge in [0.2, 0.25) is 0 Å². The van der Waals surface area contributed by atoms with Gasteiger partial charge in [0.05, 0.1) is 28.7 Å². The van der Waals surface area contributed by atoms with Crippen molar-refractivity contribution in [3.63, 3.8) is 0 Å². The van der Waals surface area contributed by atoms with Crippen molar-refractivity contribution >= 4 is 17.3 Å². The van der Waals surface area contributed by atoms with Crippen LogP contribution in [0.3, 0.4) is 0 Å². The Labute approximate surface area is 117 Å². The Morgan fingerprint density at radius 3 is 2.85 bits per heavy atom. The quantitative estimate of drug-likeness (QED) is 0.891. The summed E-state index contributed by atoms with van der Waals surface area (Å²) in [5.74, 6) is -0.272. The summed E-state index contributed by atoms with van der Waals surface area (Å²) in [6.45, 7) is 2.64. The van der Waals surface area contributed by atoms with Crippen LogP contribution in [0.15, 0.2) is 42.7 Å². The highest BCUT2D eigenvalue weighted by molar-refractivity contribution is 6.08. The monoisotopic (exact) mass is 266 g/mol. The van der Waals surface area contributed by atoms with Crippen LogP contribution >= 0.6 is 0 Å². The molecule has 20 heavy (non-hydrogen) atoms. The third-order valence-corrected chi connectivity index (χ3v) is 2.73. The van der Waals surface area contributed by atoms with E-state index in [0.29, 0.717) is 29.0 Å². The molecule has 0 aliphatic rings. The largest absolute Gasteiger partial charge is 0.383 e. The van der Waals surface area contributed by atoms with Crippen LogP contribution in [-0.2, 0) is 0 Å². The topological polar surface area (TPSA) is 77.8 Å². The molecule has 1 heterocycles. The van der Waals surface area contributed by atoms with Crippen molar-refractivity contribution in [1.82, 2.24) is 4.98 Å². The molecule has 5 heteroatoms. The summed E-state index contributed by atoms with van der Waals surface area (Å²) in [6.07, 6.45) is 3.17. The van der Waals surface area contributed by atoms with Gasteiger partial charge in [0.1, 0.15) is 6.07 Å². The maximum Gasteiger partial charge on any atom is 0.257 e. The van der Waals surface area contributed by atoms with Gasteiger partial charge in [0, 0.05) is 12.7 Å². The lowest BCUT2D eigenvalue weighted by atomic mass is 10.1. The first-order chi connectivity index (χ1) is 9.76. The molecule has 0 saturated heterocycles. The number of amides is 1. The molecule has 0 bridgehead atoms. The molecule has 0 aliphatic carbocycles. The summed E-state index contributed by atoms with van der Waals surface area (Å²) in [7, 11) is 0. The summed E-state index contributed by atoms with van der Waals surface area (Å²) in [5.41, 5.74) is 2.09. The van der Waals surface area contributed by atoms with Crippen molar-refractivity contribution in [2.75, 3.05) is 17.2 Å². The minimum absolute atomic E-state index is 0.272. The number of nitrogens with one attached hydrogen (secondary N) is 2. The van der Waals surface area contributed by atoms with Gasteiger partial charge in [-0.1, -0.05) is 12.1 Å². The van der Waals surface area contributed by atoms with Crippen LogP contribution in [-0.4, -0.2) is 17.4 Å². The molecule has 2 N–H and O–H groups in total. The number of hydrogen-bond donors (Lipinski definition) is 2. The van der Waals surface area contributed by atoms with E-state index in [0.717, 1.165) is 0 Å². The third kappa shape index (κ3) is 2.93. The smallest absolute Gasteiger partial charge is 0.257 e. The predicted octanol–water partition coefficient (Wildman–Crippen LogP) is 2.64. The molecule has 2 rings (SSSR count). The molecule has 2 aromatic rings. The van der Waals surface area contributed by atoms with Gasteiger partial charge in [-0.15, -0.1) is 0 Å². The van der Waals surface area contributed by atoms with Gasteiger partial charge in [0.15, 0.2) is 0 Å². The molecular weight excluding hydrogens is 252 g/mol. The summed E-state index contributed by atoms with van der Waals surface area (Å²) in [6, 6.07) is 10.6. The third-order valence-electron chi connectivity index (χ3n) is 2.73. The maximum absolute atomic E-state index is 12.3. The number of carbonyl (C=O) groups is 1. The highest BCUT2D eigenvalue weighted by Crippen LogP contribution is 2.18. The SMILES string of the molecule is CCNc1cnccc1C(=O)Nc1ccccc1C#N.